The summed E-state index contributed by atoms with van der Waals surface area (Å²) in [5.41, 5.74) is 1.97. The highest BCUT2D eigenvalue weighted by Crippen LogP contribution is 1.99. The Kier molecular flexibility index (Phi) is 3.59. The van der Waals surface area contributed by atoms with Crippen molar-refractivity contribution in [3.05, 3.63) is 58.0 Å². The van der Waals surface area contributed by atoms with Crippen LogP contribution >= 0.6 is 0 Å². The van der Waals surface area contributed by atoms with Crippen LogP contribution in [0, 0.1) is 6.92 Å². The van der Waals surface area contributed by atoms with Gasteiger partial charge in [0.15, 0.2) is 0 Å². The zero-order chi connectivity index (χ0) is 13.1. The third kappa shape index (κ3) is 2.85. The van der Waals surface area contributed by atoms with E-state index in [1.54, 1.807) is 30.5 Å². The van der Waals surface area contributed by atoms with Crippen LogP contribution < -0.4 is 11.0 Å². The van der Waals surface area contributed by atoms with Gasteiger partial charge in [-0.25, -0.2) is 4.68 Å². The summed E-state index contributed by atoms with van der Waals surface area (Å²) in [7, 11) is -1.47. The molecule has 0 unspecified atom stereocenters. The van der Waals surface area contributed by atoms with Gasteiger partial charge in [-0.05, 0) is 23.5 Å². The van der Waals surface area contributed by atoms with Crippen molar-refractivity contribution in [3.8, 4) is 0 Å². The summed E-state index contributed by atoms with van der Waals surface area (Å²) >= 11 is 0. The van der Waals surface area contributed by atoms with Crippen molar-refractivity contribution in [2.24, 2.45) is 0 Å². The first kappa shape index (κ1) is 12.5. The first-order valence-corrected chi connectivity index (χ1v) is 5.55. The first-order chi connectivity index (χ1) is 8.56. The molecule has 0 aliphatic rings. The maximum atomic E-state index is 11.6. The highest BCUT2D eigenvalue weighted by molar-refractivity contribution is 6.58. The normalized spacial score (nSPS) is 10.4. The maximum absolute atomic E-state index is 11.6. The summed E-state index contributed by atoms with van der Waals surface area (Å²) in [6, 6.07) is 8.22. The van der Waals surface area contributed by atoms with E-state index in [9.17, 15) is 4.79 Å². The molecule has 92 valence electrons. The molecule has 0 aliphatic heterocycles. The van der Waals surface area contributed by atoms with E-state index in [4.69, 9.17) is 10.0 Å². The van der Waals surface area contributed by atoms with Crippen molar-refractivity contribution in [2.75, 3.05) is 0 Å². The minimum atomic E-state index is -1.47. The zero-order valence-corrected chi connectivity index (χ0v) is 9.95. The third-order valence-corrected chi connectivity index (χ3v) is 2.62. The highest BCUT2D eigenvalue weighted by atomic mass is 16.4. The SMILES string of the molecule is Cc1cnn(Cc2ccc(B(O)O)cc2)c(=O)c1. The fourth-order valence-corrected chi connectivity index (χ4v) is 1.61. The second-order valence-corrected chi connectivity index (χ2v) is 4.14. The predicted octanol–water partition coefficient (Wildman–Crippen LogP) is -0.720. The van der Waals surface area contributed by atoms with Crippen molar-refractivity contribution in [3.63, 3.8) is 0 Å². The fraction of sp³-hybridized carbons (Fsp3) is 0.167. The highest BCUT2D eigenvalue weighted by Gasteiger charge is 2.09. The molecule has 0 radical (unpaired) electrons. The van der Waals surface area contributed by atoms with Gasteiger partial charge in [0.1, 0.15) is 0 Å². The topological polar surface area (TPSA) is 75.3 Å². The molecule has 6 heteroatoms. The second-order valence-electron chi connectivity index (χ2n) is 4.14. The Morgan fingerprint density at radius 1 is 1.28 bits per heavy atom. The minimum Gasteiger partial charge on any atom is -0.423 e. The molecule has 0 aliphatic carbocycles. The molecule has 0 saturated carbocycles. The number of nitrogens with zero attached hydrogens (tertiary/aromatic N) is 2. The van der Waals surface area contributed by atoms with Gasteiger partial charge in [0.05, 0.1) is 12.7 Å². The predicted molar refractivity (Wildman–Crippen MR) is 68.6 cm³/mol. The van der Waals surface area contributed by atoms with Crippen molar-refractivity contribution in [1.82, 2.24) is 9.78 Å². The van der Waals surface area contributed by atoms with Crippen LogP contribution in [-0.4, -0.2) is 26.9 Å². The van der Waals surface area contributed by atoms with Gasteiger partial charge < -0.3 is 10.0 Å². The molecule has 2 rings (SSSR count). The van der Waals surface area contributed by atoms with Crippen LogP contribution in [0.2, 0.25) is 0 Å². The van der Waals surface area contributed by atoms with E-state index in [2.05, 4.69) is 5.10 Å². The Balaban J connectivity index is 2.21. The number of rotatable bonds is 3. The second kappa shape index (κ2) is 5.16. The standard InChI is InChI=1S/C12H13BN2O3/c1-9-6-12(16)15(14-7-9)8-10-2-4-11(5-3-10)13(17)18/h2-7,17-18H,8H2,1H3. The summed E-state index contributed by atoms with van der Waals surface area (Å²) < 4.78 is 1.36. The molecular formula is C12H13BN2O3. The van der Waals surface area contributed by atoms with Gasteiger partial charge in [0, 0.05) is 6.07 Å². The summed E-state index contributed by atoms with van der Waals surface area (Å²) in [5.74, 6) is 0. The molecule has 5 nitrogen and oxygen atoms in total. The largest absolute Gasteiger partial charge is 0.488 e. The lowest BCUT2D eigenvalue weighted by molar-refractivity contribution is 0.426. The quantitative estimate of drug-likeness (QED) is 0.698. The molecule has 2 N–H and O–H groups in total. The molecule has 0 atom stereocenters. The van der Waals surface area contributed by atoms with Crippen LogP contribution in [0.5, 0.6) is 0 Å². The van der Waals surface area contributed by atoms with Gasteiger partial charge in [0.25, 0.3) is 5.56 Å². The van der Waals surface area contributed by atoms with E-state index in [0.717, 1.165) is 11.1 Å². The Bertz CT molecular complexity index is 593. The van der Waals surface area contributed by atoms with E-state index in [-0.39, 0.29) is 5.56 Å². The van der Waals surface area contributed by atoms with Crippen LogP contribution in [0.3, 0.4) is 0 Å². The van der Waals surface area contributed by atoms with E-state index < -0.39 is 7.12 Å². The molecule has 1 aromatic heterocycles. The molecule has 0 spiro atoms. The molecule has 0 fully saturated rings. The Labute approximate surface area is 104 Å². The first-order valence-electron chi connectivity index (χ1n) is 5.55. The van der Waals surface area contributed by atoms with Gasteiger partial charge >= 0.3 is 7.12 Å². The van der Waals surface area contributed by atoms with Gasteiger partial charge in [-0.15, -0.1) is 0 Å². The molecular weight excluding hydrogens is 231 g/mol. The number of aromatic nitrogens is 2. The van der Waals surface area contributed by atoms with E-state index in [0.29, 0.717) is 12.0 Å². The molecule has 0 bridgehead atoms. The van der Waals surface area contributed by atoms with Gasteiger partial charge in [-0.2, -0.15) is 5.10 Å². The summed E-state index contributed by atoms with van der Waals surface area (Å²) in [6.45, 7) is 2.18. The van der Waals surface area contributed by atoms with Gasteiger partial charge in [-0.1, -0.05) is 24.3 Å². The number of aryl methyl sites for hydroxylation is 1. The van der Waals surface area contributed by atoms with E-state index >= 15 is 0 Å². The van der Waals surface area contributed by atoms with Crippen molar-refractivity contribution in [1.29, 1.82) is 0 Å². The van der Waals surface area contributed by atoms with Crippen LogP contribution in [0.4, 0.5) is 0 Å². The number of hydrogen-bond donors (Lipinski definition) is 2. The lowest BCUT2D eigenvalue weighted by Crippen LogP contribution is -2.29. The fourth-order valence-electron chi connectivity index (χ4n) is 1.61. The monoisotopic (exact) mass is 244 g/mol. The third-order valence-electron chi connectivity index (χ3n) is 2.62. The van der Waals surface area contributed by atoms with Crippen molar-refractivity contribution >= 4 is 12.6 Å². The van der Waals surface area contributed by atoms with Crippen LogP contribution in [0.1, 0.15) is 11.1 Å². The minimum absolute atomic E-state index is 0.152. The summed E-state index contributed by atoms with van der Waals surface area (Å²) in [4.78, 5) is 11.6. The lowest BCUT2D eigenvalue weighted by Gasteiger charge is -2.06. The Morgan fingerprint density at radius 2 is 1.94 bits per heavy atom. The number of benzene rings is 1. The summed E-state index contributed by atoms with van der Waals surface area (Å²) in [5, 5.41) is 22.0. The Morgan fingerprint density at radius 3 is 2.50 bits per heavy atom. The molecule has 0 amide bonds. The van der Waals surface area contributed by atoms with Gasteiger partial charge in [-0.3, -0.25) is 4.79 Å². The average molecular weight is 244 g/mol. The number of hydrogen-bond acceptors (Lipinski definition) is 4. The smallest absolute Gasteiger partial charge is 0.423 e. The van der Waals surface area contributed by atoms with Crippen LogP contribution in [0.15, 0.2) is 41.3 Å². The summed E-state index contributed by atoms with van der Waals surface area (Å²) in [6.07, 6.45) is 1.63. The van der Waals surface area contributed by atoms with Crippen molar-refractivity contribution in [2.45, 2.75) is 13.5 Å². The van der Waals surface area contributed by atoms with Gasteiger partial charge in [0.2, 0.25) is 0 Å². The molecule has 1 heterocycles. The average Bonchev–Trinajstić information content (AvgIpc) is 2.33. The maximum Gasteiger partial charge on any atom is 0.488 e. The molecule has 18 heavy (non-hydrogen) atoms. The Hall–Kier alpha value is -1.92. The zero-order valence-electron chi connectivity index (χ0n) is 9.95. The van der Waals surface area contributed by atoms with Crippen LogP contribution in [0.25, 0.3) is 0 Å². The molecule has 1 aromatic carbocycles. The molecule has 0 saturated heterocycles. The lowest BCUT2D eigenvalue weighted by atomic mass is 9.80. The van der Waals surface area contributed by atoms with E-state index in [1.165, 1.54) is 10.7 Å². The van der Waals surface area contributed by atoms with E-state index in [1.807, 2.05) is 6.92 Å². The van der Waals surface area contributed by atoms with Crippen molar-refractivity contribution < 1.29 is 10.0 Å². The van der Waals surface area contributed by atoms with Crippen LogP contribution in [-0.2, 0) is 6.54 Å². The molecule has 2 aromatic rings.